The van der Waals surface area contributed by atoms with Crippen molar-refractivity contribution in [1.82, 2.24) is 10.2 Å². The van der Waals surface area contributed by atoms with Gasteiger partial charge in [-0.25, -0.2) is 0 Å². The van der Waals surface area contributed by atoms with Gasteiger partial charge in [0.25, 0.3) is 0 Å². The van der Waals surface area contributed by atoms with E-state index in [1.165, 1.54) is 0 Å². The zero-order valence-electron chi connectivity index (χ0n) is 12.7. The third-order valence-electron chi connectivity index (χ3n) is 4.15. The first-order valence-corrected chi connectivity index (χ1v) is 7.45. The Bertz CT molecular complexity index is 472. The summed E-state index contributed by atoms with van der Waals surface area (Å²) in [5.41, 5.74) is 1.15. The highest BCUT2D eigenvalue weighted by atomic mass is 16.5. The summed E-state index contributed by atoms with van der Waals surface area (Å²) < 4.78 is 5.34. The first-order valence-electron chi connectivity index (χ1n) is 7.45. The normalized spacial score (nSPS) is 21.1. The number of carboxylic acids is 1. The Balaban J connectivity index is 1.76. The van der Waals surface area contributed by atoms with Crippen LogP contribution in [-0.4, -0.2) is 48.3 Å². The van der Waals surface area contributed by atoms with Crippen LogP contribution in [-0.2, 0) is 11.3 Å². The number of ether oxygens (including phenoxy) is 1. The summed E-state index contributed by atoms with van der Waals surface area (Å²) >= 11 is 0. The van der Waals surface area contributed by atoms with E-state index >= 15 is 0 Å². The third-order valence-corrected chi connectivity index (χ3v) is 4.15. The zero-order chi connectivity index (χ0) is 15.2. The summed E-state index contributed by atoms with van der Waals surface area (Å²) in [5.74, 6) is 0.157. The maximum atomic E-state index is 10.8. The maximum absolute atomic E-state index is 10.8. The second kappa shape index (κ2) is 7.43. The van der Waals surface area contributed by atoms with Gasteiger partial charge in [0.1, 0.15) is 5.75 Å². The SMILES string of the molecule is CCN(CC(=O)O)C1CC(NCc2ccccc2OC)C1. The van der Waals surface area contributed by atoms with Gasteiger partial charge in [-0.2, -0.15) is 0 Å². The molecular formula is C16H24N2O3. The lowest BCUT2D eigenvalue weighted by atomic mass is 9.85. The van der Waals surface area contributed by atoms with Gasteiger partial charge in [-0.3, -0.25) is 9.69 Å². The van der Waals surface area contributed by atoms with E-state index in [1.807, 2.05) is 30.0 Å². The van der Waals surface area contributed by atoms with Crippen LogP contribution in [0.4, 0.5) is 0 Å². The lowest BCUT2D eigenvalue weighted by Gasteiger charge is -2.42. The largest absolute Gasteiger partial charge is 0.496 e. The molecule has 2 rings (SSSR count). The molecule has 21 heavy (non-hydrogen) atoms. The molecule has 0 aliphatic heterocycles. The molecule has 1 aromatic carbocycles. The lowest BCUT2D eigenvalue weighted by Crippen LogP contribution is -2.53. The summed E-state index contributed by atoms with van der Waals surface area (Å²) in [7, 11) is 1.68. The molecule has 0 unspecified atom stereocenters. The van der Waals surface area contributed by atoms with Gasteiger partial charge in [0, 0.05) is 24.2 Å². The van der Waals surface area contributed by atoms with Gasteiger partial charge in [0.15, 0.2) is 0 Å². The van der Waals surface area contributed by atoms with Crippen molar-refractivity contribution in [2.45, 2.75) is 38.4 Å². The molecule has 1 aromatic rings. The molecule has 0 bridgehead atoms. The molecule has 0 aromatic heterocycles. The van der Waals surface area contributed by atoms with Crippen LogP contribution < -0.4 is 10.1 Å². The van der Waals surface area contributed by atoms with Gasteiger partial charge in [0.05, 0.1) is 13.7 Å². The van der Waals surface area contributed by atoms with Crippen molar-refractivity contribution in [3.63, 3.8) is 0 Å². The Morgan fingerprint density at radius 2 is 2.14 bits per heavy atom. The van der Waals surface area contributed by atoms with Crippen molar-refractivity contribution in [3.05, 3.63) is 29.8 Å². The number of hydrogen-bond donors (Lipinski definition) is 2. The first-order chi connectivity index (χ1) is 10.1. The fourth-order valence-electron chi connectivity index (χ4n) is 2.83. The van der Waals surface area contributed by atoms with E-state index in [0.717, 1.165) is 37.2 Å². The van der Waals surface area contributed by atoms with E-state index < -0.39 is 5.97 Å². The molecule has 0 radical (unpaired) electrons. The minimum atomic E-state index is -0.748. The number of aliphatic carboxylic acids is 1. The molecule has 0 saturated heterocycles. The van der Waals surface area contributed by atoms with Gasteiger partial charge in [-0.1, -0.05) is 25.1 Å². The first kappa shape index (κ1) is 15.8. The van der Waals surface area contributed by atoms with Crippen LogP contribution in [0.5, 0.6) is 5.75 Å². The quantitative estimate of drug-likeness (QED) is 0.764. The van der Waals surface area contributed by atoms with Crippen LogP contribution in [0.3, 0.4) is 0 Å². The summed E-state index contributed by atoms with van der Waals surface area (Å²) in [6, 6.07) is 8.85. The fourth-order valence-corrected chi connectivity index (χ4v) is 2.83. The van der Waals surface area contributed by atoms with Crippen molar-refractivity contribution in [2.75, 3.05) is 20.2 Å². The predicted molar refractivity (Wildman–Crippen MR) is 81.5 cm³/mol. The average molecular weight is 292 g/mol. The minimum absolute atomic E-state index is 0.139. The minimum Gasteiger partial charge on any atom is -0.496 e. The number of carboxylic acid groups (broad SMARTS) is 1. The molecule has 1 aliphatic carbocycles. The number of methoxy groups -OCH3 is 1. The van der Waals surface area contributed by atoms with E-state index in [-0.39, 0.29) is 6.54 Å². The van der Waals surface area contributed by atoms with E-state index in [9.17, 15) is 4.79 Å². The van der Waals surface area contributed by atoms with Crippen LogP contribution in [0.2, 0.25) is 0 Å². The Labute approximate surface area is 125 Å². The van der Waals surface area contributed by atoms with Gasteiger partial charge >= 0.3 is 5.97 Å². The molecule has 5 nitrogen and oxygen atoms in total. The maximum Gasteiger partial charge on any atom is 0.317 e. The highest BCUT2D eigenvalue weighted by Crippen LogP contribution is 2.26. The molecule has 0 amide bonds. The van der Waals surface area contributed by atoms with Crippen molar-refractivity contribution in [2.24, 2.45) is 0 Å². The second-order valence-electron chi connectivity index (χ2n) is 5.47. The highest BCUT2D eigenvalue weighted by molar-refractivity contribution is 5.69. The van der Waals surface area contributed by atoms with Gasteiger partial charge in [0.2, 0.25) is 0 Å². The monoisotopic (exact) mass is 292 g/mol. The highest BCUT2D eigenvalue weighted by Gasteiger charge is 2.33. The molecule has 5 heteroatoms. The van der Waals surface area contributed by atoms with E-state index in [4.69, 9.17) is 9.84 Å². The van der Waals surface area contributed by atoms with Crippen LogP contribution in [0.25, 0.3) is 0 Å². The van der Waals surface area contributed by atoms with Crippen LogP contribution in [0.15, 0.2) is 24.3 Å². The van der Waals surface area contributed by atoms with Crippen molar-refractivity contribution >= 4 is 5.97 Å². The Kier molecular flexibility index (Phi) is 5.59. The van der Waals surface area contributed by atoms with Gasteiger partial charge < -0.3 is 15.2 Å². The van der Waals surface area contributed by atoms with Crippen molar-refractivity contribution in [1.29, 1.82) is 0 Å². The summed E-state index contributed by atoms with van der Waals surface area (Å²) in [6.45, 7) is 3.72. The molecule has 0 spiro atoms. The van der Waals surface area contributed by atoms with Crippen LogP contribution >= 0.6 is 0 Å². The molecule has 2 N–H and O–H groups in total. The van der Waals surface area contributed by atoms with Gasteiger partial charge in [-0.15, -0.1) is 0 Å². The standard InChI is InChI=1S/C16H24N2O3/c1-3-18(11-16(19)20)14-8-13(9-14)17-10-12-6-4-5-7-15(12)21-2/h4-7,13-14,17H,3,8-11H2,1-2H3,(H,19,20). The third kappa shape index (κ3) is 4.19. The summed E-state index contributed by atoms with van der Waals surface area (Å²) in [5, 5.41) is 12.4. The van der Waals surface area contributed by atoms with E-state index in [0.29, 0.717) is 12.1 Å². The molecule has 116 valence electrons. The Hall–Kier alpha value is -1.59. The van der Waals surface area contributed by atoms with Gasteiger partial charge in [-0.05, 0) is 25.5 Å². The molecule has 1 fully saturated rings. The van der Waals surface area contributed by atoms with Crippen LogP contribution in [0.1, 0.15) is 25.3 Å². The zero-order valence-corrected chi connectivity index (χ0v) is 12.7. The van der Waals surface area contributed by atoms with Crippen LogP contribution in [0, 0.1) is 0 Å². The molecule has 0 heterocycles. The number of rotatable bonds is 8. The predicted octanol–water partition coefficient (Wildman–Crippen LogP) is 1.72. The number of carbonyl (C=O) groups is 1. The molecule has 1 saturated carbocycles. The van der Waals surface area contributed by atoms with E-state index in [1.54, 1.807) is 7.11 Å². The molecular weight excluding hydrogens is 268 g/mol. The van der Waals surface area contributed by atoms with E-state index in [2.05, 4.69) is 11.4 Å². The van der Waals surface area contributed by atoms with Crippen molar-refractivity contribution < 1.29 is 14.6 Å². The number of likely N-dealkylation sites (N-methyl/N-ethyl adjacent to an activating group) is 1. The average Bonchev–Trinajstić information content (AvgIpc) is 2.44. The topological polar surface area (TPSA) is 61.8 Å². The molecule has 0 atom stereocenters. The summed E-state index contributed by atoms with van der Waals surface area (Å²) in [4.78, 5) is 12.8. The Morgan fingerprint density at radius 1 is 1.43 bits per heavy atom. The van der Waals surface area contributed by atoms with Crippen molar-refractivity contribution in [3.8, 4) is 5.75 Å². The number of hydrogen-bond acceptors (Lipinski definition) is 4. The second-order valence-corrected chi connectivity index (χ2v) is 5.47. The lowest BCUT2D eigenvalue weighted by molar-refractivity contribution is -0.139. The number of benzene rings is 1. The number of nitrogens with one attached hydrogen (secondary N) is 1. The Morgan fingerprint density at radius 3 is 2.76 bits per heavy atom. The summed E-state index contributed by atoms with van der Waals surface area (Å²) in [6.07, 6.45) is 2.02. The number of nitrogens with zero attached hydrogens (tertiary/aromatic N) is 1. The molecule has 1 aliphatic rings. The smallest absolute Gasteiger partial charge is 0.317 e. The fraction of sp³-hybridized carbons (Fsp3) is 0.562. The number of para-hydroxylation sites is 1.